The van der Waals surface area contributed by atoms with Gasteiger partial charge in [-0.2, -0.15) is 0 Å². The van der Waals surface area contributed by atoms with E-state index < -0.39 is 4.92 Å². The Morgan fingerprint density at radius 2 is 1.88 bits per heavy atom. The maximum absolute atomic E-state index is 11.1. The van der Waals surface area contributed by atoms with Crippen molar-refractivity contribution in [2.24, 2.45) is 0 Å². The zero-order valence-corrected chi connectivity index (χ0v) is 14.1. The molecule has 0 aliphatic carbocycles. The standard InChI is InChI=1S/C19H17NO4S/c21-10-11-25-19(14-5-3-6-15(12-14)20(23)24)18-16-7-2-1-4-13(16)8-9-17(18)22/h1-9,12,19,21-22H,10-11H2. The number of rotatable bonds is 6. The number of hydrogen-bond donors (Lipinski definition) is 2. The van der Waals surface area contributed by atoms with Crippen LogP contribution in [0.25, 0.3) is 10.8 Å². The summed E-state index contributed by atoms with van der Waals surface area (Å²) < 4.78 is 0. The lowest BCUT2D eigenvalue weighted by atomic mass is 9.96. The van der Waals surface area contributed by atoms with Crippen molar-refractivity contribution in [1.82, 2.24) is 0 Å². The molecular weight excluding hydrogens is 338 g/mol. The van der Waals surface area contributed by atoms with Gasteiger partial charge in [0.2, 0.25) is 0 Å². The number of phenolic OH excluding ortho intramolecular Hbond substituents is 1. The van der Waals surface area contributed by atoms with E-state index in [-0.39, 0.29) is 23.3 Å². The molecule has 6 heteroatoms. The number of aliphatic hydroxyl groups excluding tert-OH is 1. The number of non-ortho nitro benzene ring substituents is 1. The fraction of sp³-hybridized carbons (Fsp3) is 0.158. The summed E-state index contributed by atoms with van der Waals surface area (Å²) in [6.07, 6.45) is 0. The SMILES string of the molecule is O=[N+]([O-])c1cccc(C(SCCO)c2c(O)ccc3ccccc23)c1. The summed E-state index contributed by atoms with van der Waals surface area (Å²) in [5.41, 5.74) is 1.43. The highest BCUT2D eigenvalue weighted by molar-refractivity contribution is 7.99. The van der Waals surface area contributed by atoms with Crippen LogP contribution in [0.5, 0.6) is 5.75 Å². The van der Waals surface area contributed by atoms with E-state index in [1.807, 2.05) is 36.4 Å². The molecule has 0 saturated heterocycles. The van der Waals surface area contributed by atoms with Crippen LogP contribution in [0.1, 0.15) is 16.4 Å². The fourth-order valence-electron chi connectivity index (χ4n) is 2.88. The monoisotopic (exact) mass is 355 g/mol. The summed E-state index contributed by atoms with van der Waals surface area (Å²) >= 11 is 1.44. The van der Waals surface area contributed by atoms with Crippen molar-refractivity contribution >= 4 is 28.2 Å². The second-order valence-corrected chi connectivity index (χ2v) is 6.76. The molecular formula is C19H17NO4S. The Balaban J connectivity index is 2.19. The molecule has 3 rings (SSSR count). The molecule has 0 aliphatic heterocycles. The van der Waals surface area contributed by atoms with E-state index in [2.05, 4.69) is 0 Å². The predicted octanol–water partition coefficient (Wildman–Crippen LogP) is 4.27. The van der Waals surface area contributed by atoms with Crippen LogP contribution in [0, 0.1) is 10.1 Å². The van der Waals surface area contributed by atoms with Gasteiger partial charge in [0.25, 0.3) is 5.69 Å². The highest BCUT2D eigenvalue weighted by atomic mass is 32.2. The summed E-state index contributed by atoms with van der Waals surface area (Å²) in [5, 5.41) is 32.4. The number of aliphatic hydroxyl groups is 1. The zero-order chi connectivity index (χ0) is 17.8. The van der Waals surface area contributed by atoms with Crippen molar-refractivity contribution in [2.45, 2.75) is 5.25 Å². The summed E-state index contributed by atoms with van der Waals surface area (Å²) in [6, 6.07) is 17.6. The van der Waals surface area contributed by atoms with Crippen LogP contribution in [0.3, 0.4) is 0 Å². The molecule has 0 fully saturated rings. The third-order valence-electron chi connectivity index (χ3n) is 3.97. The van der Waals surface area contributed by atoms with E-state index in [0.717, 1.165) is 16.3 Å². The molecule has 3 aromatic carbocycles. The molecule has 25 heavy (non-hydrogen) atoms. The Hall–Kier alpha value is -2.57. The summed E-state index contributed by atoms with van der Waals surface area (Å²) in [6.45, 7) is -0.0123. The Kier molecular flexibility index (Phi) is 5.21. The van der Waals surface area contributed by atoms with Crippen LogP contribution in [0.15, 0.2) is 60.7 Å². The Morgan fingerprint density at radius 1 is 1.08 bits per heavy atom. The summed E-state index contributed by atoms with van der Waals surface area (Å²) in [5.74, 6) is 0.594. The van der Waals surface area contributed by atoms with Gasteiger partial charge in [0, 0.05) is 23.4 Å². The first-order valence-electron chi connectivity index (χ1n) is 7.79. The molecule has 0 heterocycles. The first-order valence-corrected chi connectivity index (χ1v) is 8.84. The number of thioether (sulfide) groups is 1. The molecule has 5 nitrogen and oxygen atoms in total. The molecule has 1 atom stereocenters. The molecule has 0 spiro atoms. The second kappa shape index (κ2) is 7.55. The number of nitro groups is 1. The molecule has 0 bridgehead atoms. The van der Waals surface area contributed by atoms with Crippen molar-refractivity contribution in [3.63, 3.8) is 0 Å². The molecule has 3 aromatic rings. The number of benzene rings is 3. The average Bonchev–Trinajstić information content (AvgIpc) is 2.63. The van der Waals surface area contributed by atoms with Crippen LogP contribution in [-0.4, -0.2) is 27.5 Å². The normalized spacial score (nSPS) is 12.2. The summed E-state index contributed by atoms with van der Waals surface area (Å²) in [7, 11) is 0. The van der Waals surface area contributed by atoms with Gasteiger partial charge >= 0.3 is 0 Å². The molecule has 0 aromatic heterocycles. The van der Waals surface area contributed by atoms with Crippen molar-refractivity contribution in [1.29, 1.82) is 0 Å². The van der Waals surface area contributed by atoms with Gasteiger partial charge in [0.1, 0.15) is 5.75 Å². The highest BCUT2D eigenvalue weighted by Crippen LogP contribution is 2.44. The second-order valence-electron chi connectivity index (χ2n) is 5.55. The van der Waals surface area contributed by atoms with Crippen LogP contribution in [0.4, 0.5) is 5.69 Å². The van der Waals surface area contributed by atoms with Crippen LogP contribution < -0.4 is 0 Å². The van der Waals surface area contributed by atoms with Gasteiger partial charge in [-0.25, -0.2) is 0 Å². The van der Waals surface area contributed by atoms with Crippen molar-refractivity contribution in [2.75, 3.05) is 12.4 Å². The average molecular weight is 355 g/mol. The molecule has 1 unspecified atom stereocenters. The fourth-order valence-corrected chi connectivity index (χ4v) is 3.97. The van der Waals surface area contributed by atoms with Crippen LogP contribution >= 0.6 is 11.8 Å². The van der Waals surface area contributed by atoms with Gasteiger partial charge in [0.05, 0.1) is 16.8 Å². The predicted molar refractivity (Wildman–Crippen MR) is 100 cm³/mol. The van der Waals surface area contributed by atoms with E-state index >= 15 is 0 Å². The number of phenols is 1. The van der Waals surface area contributed by atoms with Gasteiger partial charge < -0.3 is 10.2 Å². The maximum atomic E-state index is 11.1. The number of nitro benzene ring substituents is 1. The zero-order valence-electron chi connectivity index (χ0n) is 13.3. The van der Waals surface area contributed by atoms with E-state index in [1.54, 1.807) is 12.1 Å². The lowest BCUT2D eigenvalue weighted by molar-refractivity contribution is -0.384. The number of hydrogen-bond acceptors (Lipinski definition) is 5. The van der Waals surface area contributed by atoms with E-state index in [1.165, 1.54) is 23.9 Å². The molecule has 128 valence electrons. The number of aromatic hydroxyl groups is 1. The summed E-state index contributed by atoms with van der Waals surface area (Å²) in [4.78, 5) is 10.7. The van der Waals surface area contributed by atoms with Crippen molar-refractivity contribution in [3.05, 3.63) is 81.9 Å². The van der Waals surface area contributed by atoms with Crippen molar-refractivity contribution in [3.8, 4) is 5.75 Å². The highest BCUT2D eigenvalue weighted by Gasteiger charge is 2.22. The third-order valence-corrected chi connectivity index (χ3v) is 5.23. The molecule has 2 N–H and O–H groups in total. The Labute approximate surface area is 149 Å². The van der Waals surface area contributed by atoms with Crippen LogP contribution in [0.2, 0.25) is 0 Å². The van der Waals surface area contributed by atoms with E-state index in [9.17, 15) is 20.3 Å². The van der Waals surface area contributed by atoms with Gasteiger partial charge in [-0.15, -0.1) is 11.8 Å². The first-order chi connectivity index (χ1) is 12.1. The Bertz CT molecular complexity index is 913. The van der Waals surface area contributed by atoms with Gasteiger partial charge in [-0.1, -0.05) is 42.5 Å². The first kappa shape index (κ1) is 17.3. The topological polar surface area (TPSA) is 83.6 Å². The molecule has 0 aliphatic rings. The third kappa shape index (κ3) is 3.60. The quantitative estimate of drug-likeness (QED) is 0.510. The lowest BCUT2D eigenvalue weighted by Gasteiger charge is -2.20. The number of nitrogens with zero attached hydrogens (tertiary/aromatic N) is 1. The maximum Gasteiger partial charge on any atom is 0.269 e. The minimum Gasteiger partial charge on any atom is -0.508 e. The van der Waals surface area contributed by atoms with Gasteiger partial charge in [0.15, 0.2) is 0 Å². The van der Waals surface area contributed by atoms with Crippen molar-refractivity contribution < 1.29 is 15.1 Å². The van der Waals surface area contributed by atoms with Crippen LogP contribution in [-0.2, 0) is 0 Å². The van der Waals surface area contributed by atoms with E-state index in [0.29, 0.717) is 11.3 Å². The molecule has 0 saturated carbocycles. The van der Waals surface area contributed by atoms with Gasteiger partial charge in [-0.3, -0.25) is 10.1 Å². The Morgan fingerprint density at radius 3 is 2.64 bits per heavy atom. The molecule has 0 amide bonds. The number of fused-ring (bicyclic) bond motifs is 1. The smallest absolute Gasteiger partial charge is 0.269 e. The van der Waals surface area contributed by atoms with E-state index in [4.69, 9.17) is 0 Å². The largest absolute Gasteiger partial charge is 0.508 e. The minimum absolute atomic E-state index is 0.00632. The minimum atomic E-state index is -0.430. The lowest BCUT2D eigenvalue weighted by Crippen LogP contribution is -2.02. The van der Waals surface area contributed by atoms with Gasteiger partial charge in [-0.05, 0) is 22.4 Å². The molecule has 0 radical (unpaired) electrons.